The zero-order valence-corrected chi connectivity index (χ0v) is 9.71. The topological polar surface area (TPSA) is 41.6 Å². The van der Waals surface area contributed by atoms with E-state index in [9.17, 15) is 4.79 Å². The number of carbonyl (C=O) groups is 1. The van der Waals surface area contributed by atoms with Gasteiger partial charge in [0.05, 0.1) is 13.2 Å². The molecule has 0 atom stereocenters. The number of carbonyl (C=O) groups excluding carboxylic acids is 1. The maximum absolute atomic E-state index is 11.9. The van der Waals surface area contributed by atoms with E-state index in [2.05, 4.69) is 11.4 Å². The molecule has 90 valence electrons. The number of morpholine rings is 1. The van der Waals surface area contributed by atoms with Crippen LogP contribution in [-0.4, -0.2) is 50.2 Å². The van der Waals surface area contributed by atoms with Gasteiger partial charge in [0.1, 0.15) is 0 Å². The fourth-order valence-electron chi connectivity index (χ4n) is 2.13. The fraction of sp³-hybridized carbons (Fsp3) is 0.750. The third-order valence-corrected chi connectivity index (χ3v) is 3.18. The van der Waals surface area contributed by atoms with Gasteiger partial charge >= 0.3 is 0 Å². The predicted molar refractivity (Wildman–Crippen MR) is 62.2 cm³/mol. The van der Waals surface area contributed by atoms with Gasteiger partial charge in [0, 0.05) is 26.1 Å². The fourth-order valence-corrected chi connectivity index (χ4v) is 2.13. The Balaban J connectivity index is 1.72. The summed E-state index contributed by atoms with van der Waals surface area (Å²) in [5.74, 6) is 0.280. The molecule has 0 aromatic carbocycles. The summed E-state index contributed by atoms with van der Waals surface area (Å²) < 4.78 is 5.23. The Morgan fingerprint density at radius 3 is 2.94 bits per heavy atom. The summed E-state index contributed by atoms with van der Waals surface area (Å²) >= 11 is 0. The molecular formula is C12H20N2O2. The molecule has 16 heavy (non-hydrogen) atoms. The molecule has 1 amide bonds. The van der Waals surface area contributed by atoms with Gasteiger partial charge in [-0.3, -0.25) is 4.79 Å². The summed E-state index contributed by atoms with van der Waals surface area (Å²) in [6.07, 6.45) is 4.90. The van der Waals surface area contributed by atoms with Crippen LogP contribution in [0, 0.1) is 0 Å². The number of ether oxygens (including phenoxy) is 1. The van der Waals surface area contributed by atoms with Crippen LogP contribution in [0.3, 0.4) is 0 Å². The summed E-state index contributed by atoms with van der Waals surface area (Å²) in [5.41, 5.74) is 1.43. The zero-order valence-electron chi connectivity index (χ0n) is 9.71. The molecule has 0 aromatic heterocycles. The first-order valence-electron chi connectivity index (χ1n) is 6.10. The molecule has 2 rings (SSSR count). The minimum atomic E-state index is 0.280. The van der Waals surface area contributed by atoms with Crippen molar-refractivity contribution in [2.24, 2.45) is 0 Å². The Hall–Kier alpha value is -0.870. The maximum atomic E-state index is 11.9. The van der Waals surface area contributed by atoms with Crippen LogP contribution in [0.15, 0.2) is 11.6 Å². The quantitative estimate of drug-likeness (QED) is 0.712. The second-order valence-corrected chi connectivity index (χ2v) is 4.31. The standard InChI is InChI=1S/C12H20N2O2/c15-12(14-7-9-16-10-8-14)2-1-11-3-5-13-6-4-11/h3,13H,1-2,4-10H2. The van der Waals surface area contributed by atoms with Crippen LogP contribution in [0.2, 0.25) is 0 Å². The molecule has 4 nitrogen and oxygen atoms in total. The number of amides is 1. The van der Waals surface area contributed by atoms with Crippen molar-refractivity contribution < 1.29 is 9.53 Å². The monoisotopic (exact) mass is 224 g/mol. The van der Waals surface area contributed by atoms with Gasteiger partial charge in [0.15, 0.2) is 0 Å². The largest absolute Gasteiger partial charge is 0.378 e. The van der Waals surface area contributed by atoms with Crippen molar-refractivity contribution in [1.82, 2.24) is 10.2 Å². The maximum Gasteiger partial charge on any atom is 0.223 e. The first-order valence-corrected chi connectivity index (χ1v) is 6.10. The Kier molecular flexibility index (Phi) is 4.36. The predicted octanol–water partition coefficient (Wildman–Crippen LogP) is 0.545. The molecule has 1 N–H and O–H groups in total. The SMILES string of the molecule is O=C(CCC1=CCNCC1)N1CCOCC1. The number of nitrogens with zero attached hydrogens (tertiary/aromatic N) is 1. The smallest absolute Gasteiger partial charge is 0.223 e. The zero-order chi connectivity index (χ0) is 11.2. The van der Waals surface area contributed by atoms with E-state index in [1.807, 2.05) is 4.90 Å². The summed E-state index contributed by atoms with van der Waals surface area (Å²) in [6.45, 7) is 4.92. The van der Waals surface area contributed by atoms with Gasteiger partial charge in [-0.2, -0.15) is 0 Å². The molecular weight excluding hydrogens is 204 g/mol. The number of hydrogen-bond donors (Lipinski definition) is 1. The molecule has 0 aromatic rings. The minimum absolute atomic E-state index is 0.280. The molecule has 1 fully saturated rings. The van der Waals surface area contributed by atoms with E-state index < -0.39 is 0 Å². The summed E-state index contributed by atoms with van der Waals surface area (Å²) in [5, 5.41) is 3.28. The lowest BCUT2D eigenvalue weighted by Crippen LogP contribution is -2.40. The van der Waals surface area contributed by atoms with Crippen LogP contribution in [0.25, 0.3) is 0 Å². The Morgan fingerprint density at radius 1 is 1.44 bits per heavy atom. The van der Waals surface area contributed by atoms with Gasteiger partial charge in [-0.1, -0.05) is 11.6 Å². The van der Waals surface area contributed by atoms with Gasteiger partial charge in [0.2, 0.25) is 5.91 Å². The number of nitrogens with one attached hydrogen (secondary N) is 1. The van der Waals surface area contributed by atoms with Gasteiger partial charge in [-0.25, -0.2) is 0 Å². The first kappa shape index (κ1) is 11.6. The first-order chi connectivity index (χ1) is 7.86. The van der Waals surface area contributed by atoms with Gasteiger partial charge in [0.25, 0.3) is 0 Å². The highest BCUT2D eigenvalue weighted by Crippen LogP contribution is 2.13. The highest BCUT2D eigenvalue weighted by Gasteiger charge is 2.16. The van der Waals surface area contributed by atoms with Crippen LogP contribution < -0.4 is 5.32 Å². The molecule has 2 aliphatic rings. The average molecular weight is 224 g/mol. The molecule has 0 bridgehead atoms. The highest BCUT2D eigenvalue weighted by molar-refractivity contribution is 5.76. The van der Waals surface area contributed by atoms with E-state index in [1.54, 1.807) is 0 Å². The Bertz CT molecular complexity index is 270. The second kappa shape index (κ2) is 6.01. The average Bonchev–Trinajstić information content (AvgIpc) is 2.38. The van der Waals surface area contributed by atoms with Gasteiger partial charge in [-0.15, -0.1) is 0 Å². The highest BCUT2D eigenvalue weighted by atomic mass is 16.5. The van der Waals surface area contributed by atoms with Crippen molar-refractivity contribution in [2.45, 2.75) is 19.3 Å². The molecule has 0 saturated carbocycles. The van der Waals surface area contributed by atoms with Crippen LogP contribution in [0.4, 0.5) is 0 Å². The van der Waals surface area contributed by atoms with E-state index >= 15 is 0 Å². The molecule has 1 saturated heterocycles. The lowest BCUT2D eigenvalue weighted by molar-refractivity contribution is -0.135. The summed E-state index contributed by atoms with van der Waals surface area (Å²) in [6, 6.07) is 0. The number of hydrogen-bond acceptors (Lipinski definition) is 3. The lowest BCUT2D eigenvalue weighted by Gasteiger charge is -2.27. The van der Waals surface area contributed by atoms with Crippen molar-refractivity contribution in [3.05, 3.63) is 11.6 Å². The third kappa shape index (κ3) is 3.32. The van der Waals surface area contributed by atoms with Crippen molar-refractivity contribution in [1.29, 1.82) is 0 Å². The Morgan fingerprint density at radius 2 is 2.25 bits per heavy atom. The molecule has 0 unspecified atom stereocenters. The lowest BCUT2D eigenvalue weighted by atomic mass is 10.0. The minimum Gasteiger partial charge on any atom is -0.378 e. The molecule has 0 aliphatic carbocycles. The molecule has 0 spiro atoms. The van der Waals surface area contributed by atoms with Gasteiger partial charge in [-0.05, 0) is 19.4 Å². The molecule has 2 aliphatic heterocycles. The summed E-state index contributed by atoms with van der Waals surface area (Å²) in [4.78, 5) is 13.8. The molecule has 4 heteroatoms. The normalized spacial score (nSPS) is 21.8. The van der Waals surface area contributed by atoms with E-state index in [1.165, 1.54) is 5.57 Å². The van der Waals surface area contributed by atoms with Gasteiger partial charge < -0.3 is 15.0 Å². The van der Waals surface area contributed by atoms with E-state index in [0.717, 1.165) is 39.0 Å². The van der Waals surface area contributed by atoms with E-state index in [-0.39, 0.29) is 5.91 Å². The van der Waals surface area contributed by atoms with Crippen LogP contribution in [0.5, 0.6) is 0 Å². The van der Waals surface area contributed by atoms with Crippen molar-refractivity contribution in [3.63, 3.8) is 0 Å². The van der Waals surface area contributed by atoms with E-state index in [4.69, 9.17) is 4.74 Å². The van der Waals surface area contributed by atoms with Crippen molar-refractivity contribution in [2.75, 3.05) is 39.4 Å². The van der Waals surface area contributed by atoms with Crippen molar-refractivity contribution in [3.8, 4) is 0 Å². The van der Waals surface area contributed by atoms with Crippen molar-refractivity contribution >= 4 is 5.91 Å². The second-order valence-electron chi connectivity index (χ2n) is 4.31. The molecule has 2 heterocycles. The summed E-state index contributed by atoms with van der Waals surface area (Å²) in [7, 11) is 0. The van der Waals surface area contributed by atoms with E-state index in [0.29, 0.717) is 19.6 Å². The van der Waals surface area contributed by atoms with Crippen LogP contribution in [0.1, 0.15) is 19.3 Å². The van der Waals surface area contributed by atoms with Crippen LogP contribution >= 0.6 is 0 Å². The van der Waals surface area contributed by atoms with Crippen LogP contribution in [-0.2, 0) is 9.53 Å². The number of rotatable bonds is 3. The third-order valence-electron chi connectivity index (χ3n) is 3.18. The molecule has 0 radical (unpaired) electrons. The Labute approximate surface area is 96.6 Å².